The molecule has 0 aliphatic rings. The van der Waals surface area contributed by atoms with Crippen LogP contribution < -0.4 is 4.74 Å². The molecule has 0 saturated heterocycles. The van der Waals surface area contributed by atoms with Crippen molar-refractivity contribution in [3.8, 4) is 5.75 Å². The van der Waals surface area contributed by atoms with Crippen LogP contribution in [0.1, 0.15) is 25.5 Å². The molecule has 0 radical (unpaired) electrons. The topological polar surface area (TPSA) is 29.5 Å². The molecule has 14 heavy (non-hydrogen) atoms. The Balaban J connectivity index is 3.11. The largest absolute Gasteiger partial charge is 0.494 e. The maximum atomic E-state index is 13.2. The van der Waals surface area contributed by atoms with Gasteiger partial charge in [-0.15, -0.1) is 0 Å². The average molecular weight is 202 g/mol. The van der Waals surface area contributed by atoms with Crippen molar-refractivity contribution in [3.63, 3.8) is 0 Å². The van der Waals surface area contributed by atoms with E-state index in [2.05, 4.69) is 0 Å². The second-order valence-electron chi connectivity index (χ2n) is 2.91. The molecular weight excluding hydrogens is 190 g/mol. The summed E-state index contributed by atoms with van der Waals surface area (Å²) in [6.45, 7) is 3.37. The maximum Gasteiger partial charge on any atom is 0.135 e. The van der Waals surface area contributed by atoms with Gasteiger partial charge in [0.05, 0.1) is 18.3 Å². The zero-order chi connectivity index (χ0) is 10.7. The van der Waals surface area contributed by atoms with Crippen molar-refractivity contribution >= 4 is 0 Å². The standard InChI is InChI=1S/C10H12F2O2/c1-3-14-7-4-8(11)10(6(2)13)9(12)5-7/h4-6,13H,3H2,1-2H3. The molecule has 1 N–H and O–H groups in total. The molecule has 0 aliphatic carbocycles. The quantitative estimate of drug-likeness (QED) is 0.815. The van der Waals surface area contributed by atoms with Crippen molar-refractivity contribution in [2.45, 2.75) is 20.0 Å². The van der Waals surface area contributed by atoms with Crippen molar-refractivity contribution in [2.75, 3.05) is 6.61 Å². The first-order valence-corrected chi connectivity index (χ1v) is 4.36. The van der Waals surface area contributed by atoms with Gasteiger partial charge in [-0.1, -0.05) is 0 Å². The molecule has 1 atom stereocenters. The van der Waals surface area contributed by atoms with Gasteiger partial charge in [-0.2, -0.15) is 0 Å². The van der Waals surface area contributed by atoms with Gasteiger partial charge in [0.2, 0.25) is 0 Å². The van der Waals surface area contributed by atoms with E-state index in [1.165, 1.54) is 6.92 Å². The zero-order valence-corrected chi connectivity index (χ0v) is 8.05. The molecule has 0 heterocycles. The highest BCUT2D eigenvalue weighted by molar-refractivity contribution is 5.31. The average Bonchev–Trinajstić information content (AvgIpc) is 2.01. The van der Waals surface area contributed by atoms with Gasteiger partial charge in [0.1, 0.15) is 17.4 Å². The Kier molecular flexibility index (Phi) is 3.41. The molecule has 0 spiro atoms. The summed E-state index contributed by atoms with van der Waals surface area (Å²) >= 11 is 0. The number of aliphatic hydroxyl groups excluding tert-OH is 1. The van der Waals surface area contributed by atoms with E-state index >= 15 is 0 Å². The van der Waals surface area contributed by atoms with Gasteiger partial charge in [-0.25, -0.2) is 8.78 Å². The summed E-state index contributed by atoms with van der Waals surface area (Å²) in [5, 5.41) is 9.09. The third kappa shape index (κ3) is 2.20. The third-order valence-corrected chi connectivity index (χ3v) is 1.78. The predicted molar refractivity (Wildman–Crippen MR) is 48.2 cm³/mol. The van der Waals surface area contributed by atoms with E-state index < -0.39 is 17.7 Å². The van der Waals surface area contributed by atoms with Crippen molar-refractivity contribution in [2.24, 2.45) is 0 Å². The lowest BCUT2D eigenvalue weighted by Crippen LogP contribution is -2.02. The van der Waals surface area contributed by atoms with Gasteiger partial charge in [0, 0.05) is 12.1 Å². The fourth-order valence-corrected chi connectivity index (χ4v) is 1.21. The monoisotopic (exact) mass is 202 g/mol. The lowest BCUT2D eigenvalue weighted by Gasteiger charge is -2.10. The number of rotatable bonds is 3. The summed E-state index contributed by atoms with van der Waals surface area (Å²) < 4.78 is 31.4. The van der Waals surface area contributed by atoms with Crippen LogP contribution in [-0.2, 0) is 0 Å². The molecule has 0 aliphatic heterocycles. The van der Waals surface area contributed by atoms with Gasteiger partial charge in [0.25, 0.3) is 0 Å². The summed E-state index contributed by atoms with van der Waals surface area (Å²) in [7, 11) is 0. The Morgan fingerprint density at radius 3 is 2.21 bits per heavy atom. The summed E-state index contributed by atoms with van der Waals surface area (Å²) in [6.07, 6.45) is -1.16. The highest BCUT2D eigenvalue weighted by Gasteiger charge is 2.15. The van der Waals surface area contributed by atoms with Crippen molar-refractivity contribution < 1.29 is 18.6 Å². The maximum absolute atomic E-state index is 13.2. The molecule has 1 unspecified atom stereocenters. The fourth-order valence-electron chi connectivity index (χ4n) is 1.21. The lowest BCUT2D eigenvalue weighted by molar-refractivity contribution is 0.188. The van der Waals surface area contributed by atoms with Crippen LogP contribution in [0.15, 0.2) is 12.1 Å². The van der Waals surface area contributed by atoms with Crippen LogP contribution in [0.25, 0.3) is 0 Å². The van der Waals surface area contributed by atoms with Crippen LogP contribution >= 0.6 is 0 Å². The summed E-state index contributed by atoms with van der Waals surface area (Å²) in [5.41, 5.74) is -0.326. The van der Waals surface area contributed by atoms with Crippen LogP contribution in [-0.4, -0.2) is 11.7 Å². The van der Waals surface area contributed by atoms with Crippen LogP contribution in [0, 0.1) is 11.6 Å². The highest BCUT2D eigenvalue weighted by atomic mass is 19.1. The molecule has 0 fully saturated rings. The van der Waals surface area contributed by atoms with Crippen LogP contribution in [0.4, 0.5) is 8.78 Å². The Hall–Kier alpha value is -1.16. The molecule has 0 amide bonds. The Morgan fingerprint density at radius 2 is 1.86 bits per heavy atom. The SMILES string of the molecule is CCOc1cc(F)c(C(C)O)c(F)c1. The zero-order valence-electron chi connectivity index (χ0n) is 8.05. The normalized spacial score (nSPS) is 12.6. The molecule has 1 rings (SSSR count). The molecule has 78 valence electrons. The molecule has 4 heteroatoms. The molecule has 0 bridgehead atoms. The minimum absolute atomic E-state index is 0.131. The van der Waals surface area contributed by atoms with E-state index in [0.717, 1.165) is 12.1 Å². The molecule has 0 aromatic heterocycles. The fraction of sp³-hybridized carbons (Fsp3) is 0.400. The predicted octanol–water partition coefficient (Wildman–Crippen LogP) is 2.42. The van der Waals surface area contributed by atoms with Crippen molar-refractivity contribution in [1.82, 2.24) is 0 Å². The number of hydrogen-bond donors (Lipinski definition) is 1. The number of aliphatic hydroxyl groups is 1. The van der Waals surface area contributed by atoms with E-state index in [9.17, 15) is 8.78 Å². The molecule has 0 saturated carbocycles. The molecule has 2 nitrogen and oxygen atoms in total. The first kappa shape index (κ1) is 10.9. The van der Waals surface area contributed by atoms with Gasteiger partial charge in [-0.3, -0.25) is 0 Å². The molecular formula is C10H12F2O2. The van der Waals surface area contributed by atoms with E-state index in [0.29, 0.717) is 6.61 Å². The second kappa shape index (κ2) is 4.37. The van der Waals surface area contributed by atoms with Gasteiger partial charge < -0.3 is 9.84 Å². The Labute approximate surface area is 81.1 Å². The first-order valence-electron chi connectivity index (χ1n) is 4.36. The molecule has 1 aromatic rings. The minimum atomic E-state index is -1.16. The van der Waals surface area contributed by atoms with E-state index in [1.807, 2.05) is 0 Å². The van der Waals surface area contributed by atoms with Gasteiger partial charge >= 0.3 is 0 Å². The Morgan fingerprint density at radius 1 is 1.36 bits per heavy atom. The van der Waals surface area contributed by atoms with Crippen molar-refractivity contribution in [3.05, 3.63) is 29.3 Å². The van der Waals surface area contributed by atoms with Crippen LogP contribution in [0.2, 0.25) is 0 Å². The number of ether oxygens (including phenoxy) is 1. The van der Waals surface area contributed by atoms with E-state index in [4.69, 9.17) is 9.84 Å². The smallest absolute Gasteiger partial charge is 0.135 e. The summed E-state index contributed by atoms with van der Waals surface area (Å²) in [4.78, 5) is 0. The van der Waals surface area contributed by atoms with E-state index in [-0.39, 0.29) is 11.3 Å². The lowest BCUT2D eigenvalue weighted by atomic mass is 10.1. The van der Waals surface area contributed by atoms with Gasteiger partial charge in [0.15, 0.2) is 0 Å². The number of hydrogen-bond acceptors (Lipinski definition) is 2. The number of benzene rings is 1. The second-order valence-corrected chi connectivity index (χ2v) is 2.91. The molecule has 1 aromatic carbocycles. The third-order valence-electron chi connectivity index (χ3n) is 1.78. The van der Waals surface area contributed by atoms with E-state index in [1.54, 1.807) is 6.92 Å². The van der Waals surface area contributed by atoms with Crippen LogP contribution in [0.5, 0.6) is 5.75 Å². The van der Waals surface area contributed by atoms with Crippen molar-refractivity contribution in [1.29, 1.82) is 0 Å². The Bertz CT molecular complexity index is 301. The summed E-state index contributed by atoms with van der Waals surface area (Å²) in [5.74, 6) is -1.45. The van der Waals surface area contributed by atoms with Gasteiger partial charge in [-0.05, 0) is 13.8 Å². The first-order chi connectivity index (χ1) is 6.56. The number of halogens is 2. The highest BCUT2D eigenvalue weighted by Crippen LogP contribution is 2.25. The van der Waals surface area contributed by atoms with Crippen LogP contribution in [0.3, 0.4) is 0 Å². The summed E-state index contributed by atoms with van der Waals surface area (Å²) in [6, 6.07) is 2.13. The minimum Gasteiger partial charge on any atom is -0.494 e.